The Morgan fingerprint density at radius 3 is 1.82 bits per heavy atom. The van der Waals surface area contributed by atoms with Crippen LogP contribution in [0.3, 0.4) is 0 Å². The first-order valence-corrected chi connectivity index (χ1v) is 25.8. The van der Waals surface area contributed by atoms with Crippen LogP contribution in [0.2, 0.25) is 0 Å². The van der Waals surface area contributed by atoms with Gasteiger partial charge in [-0.2, -0.15) is 17.6 Å². The zero-order valence-corrected chi connectivity index (χ0v) is 43.3. The maximum atomic E-state index is 13.3. The van der Waals surface area contributed by atoms with Gasteiger partial charge in [0.1, 0.15) is 30.2 Å². The van der Waals surface area contributed by atoms with Gasteiger partial charge >= 0.3 is 53.6 Å². The van der Waals surface area contributed by atoms with Crippen LogP contribution in [0.25, 0.3) is 0 Å². The van der Waals surface area contributed by atoms with Crippen molar-refractivity contribution < 1.29 is 107 Å². The SMILES string of the molecule is CC(F)(F)COC(=O)C12CC3CC(CC(OCC(=O)OC4(C)C5CC6CC(C5)CC4C6)(C3)C1)C2.COCOC(=O)C1C2CC3C(OC(=O)C31)C2OC(=O)C(C)(F)F.COCOC(=O)c1ccc(OC(=O)C(C)(F)F)cc1. The molecule has 17 nitrogen and oxygen atoms in total. The minimum atomic E-state index is -3.66. The Hall–Kier alpha value is -5.03. The highest BCUT2D eigenvalue weighted by molar-refractivity contribution is 5.90. The highest BCUT2D eigenvalue weighted by Gasteiger charge is 2.71. The van der Waals surface area contributed by atoms with E-state index in [0.717, 1.165) is 38.0 Å². The molecule has 1 aromatic carbocycles. The van der Waals surface area contributed by atoms with Gasteiger partial charge in [0.15, 0.2) is 20.2 Å². The first-order valence-electron chi connectivity index (χ1n) is 25.8. The molecule has 12 rings (SSSR count). The van der Waals surface area contributed by atoms with Crippen molar-refractivity contribution in [3.05, 3.63) is 29.8 Å². The summed E-state index contributed by atoms with van der Waals surface area (Å²) in [6.45, 7) is 2.30. The van der Waals surface area contributed by atoms with E-state index in [2.05, 4.69) is 25.9 Å². The van der Waals surface area contributed by atoms with Crippen LogP contribution in [-0.2, 0) is 71.4 Å². The third kappa shape index (κ3) is 12.1. The quantitative estimate of drug-likeness (QED) is 0.0478. The van der Waals surface area contributed by atoms with E-state index in [1.54, 1.807) is 0 Å². The van der Waals surface area contributed by atoms with Crippen LogP contribution in [0.15, 0.2) is 24.3 Å². The standard InChI is InChI=1S/C27H38F2O5.C14H16F2O7.C12H12F2O5/c1-24(28,29)15-32-23(31)26-9-18-4-19(10-26)12-27(11-18,14-26)33-13-22(30)34-25(2)20-5-16-3-17(7-20)8-21(25)6-16;1-14(15,16)13(19)23-10-5-3-6-8(12(18)22-9(6)10)7(5)11(17)21-4-20-2;1-12(13,14)11(16)19-9-5-3-8(4-6-9)10(15)18-7-17-2/h16-21H,3-15H2,1-2H3;5-10H,3-4H2,1-2H3;3-6H,7H2,1-2H3. The van der Waals surface area contributed by atoms with Gasteiger partial charge in [0.05, 0.1) is 28.4 Å². The monoisotopic (exact) mass is 1090 g/mol. The van der Waals surface area contributed by atoms with Crippen LogP contribution >= 0.6 is 0 Å². The minimum Gasteiger partial charge on any atom is -0.459 e. The number of alkyl halides is 6. The molecule has 0 aromatic heterocycles. The molecular formula is C53H66F6O17. The lowest BCUT2D eigenvalue weighted by molar-refractivity contribution is -0.228. The summed E-state index contributed by atoms with van der Waals surface area (Å²) in [5.41, 5.74) is -1.51. The van der Waals surface area contributed by atoms with Crippen LogP contribution in [0, 0.1) is 64.6 Å². The van der Waals surface area contributed by atoms with Crippen molar-refractivity contribution in [3.8, 4) is 5.75 Å². The summed E-state index contributed by atoms with van der Waals surface area (Å²) in [7, 11) is 2.70. The van der Waals surface area contributed by atoms with Gasteiger partial charge in [-0.1, -0.05) is 0 Å². The van der Waals surface area contributed by atoms with Gasteiger partial charge in [-0.25, -0.2) is 28.0 Å². The van der Waals surface area contributed by atoms with Crippen LogP contribution < -0.4 is 4.74 Å². The topological polar surface area (TPSA) is 212 Å². The molecule has 23 heteroatoms. The van der Waals surface area contributed by atoms with Crippen molar-refractivity contribution in [2.75, 3.05) is 41.0 Å². The van der Waals surface area contributed by atoms with Crippen molar-refractivity contribution in [1.29, 1.82) is 0 Å². The largest absolute Gasteiger partial charge is 0.459 e. The fourth-order valence-corrected chi connectivity index (χ4v) is 14.7. The van der Waals surface area contributed by atoms with Gasteiger partial charge in [-0.3, -0.25) is 14.4 Å². The summed E-state index contributed by atoms with van der Waals surface area (Å²) in [5, 5.41) is 0. The second-order valence-corrected chi connectivity index (χ2v) is 23.1. The van der Waals surface area contributed by atoms with Gasteiger partial charge in [-0.05, 0) is 144 Å². The van der Waals surface area contributed by atoms with E-state index in [-0.39, 0.29) is 49.0 Å². The number of halogens is 6. The molecule has 10 aliphatic carbocycles. The van der Waals surface area contributed by atoms with E-state index in [4.69, 9.17) is 28.4 Å². The molecule has 10 bridgehead atoms. The van der Waals surface area contributed by atoms with Crippen molar-refractivity contribution in [3.63, 3.8) is 0 Å². The van der Waals surface area contributed by atoms with E-state index in [9.17, 15) is 59.9 Å². The maximum Gasteiger partial charge on any atom is 0.382 e. The lowest BCUT2D eigenvalue weighted by atomic mass is 9.48. The first-order chi connectivity index (χ1) is 35.6. The molecule has 0 N–H and O–H groups in total. The van der Waals surface area contributed by atoms with Crippen molar-refractivity contribution in [2.45, 2.75) is 146 Å². The summed E-state index contributed by atoms with van der Waals surface area (Å²) in [5.74, 6) is -15.7. The van der Waals surface area contributed by atoms with Crippen LogP contribution in [0.4, 0.5) is 26.3 Å². The molecule has 11 fully saturated rings. The Balaban J connectivity index is 0.000000160. The molecule has 76 heavy (non-hydrogen) atoms. The Morgan fingerprint density at radius 1 is 0.697 bits per heavy atom. The number of carbonyl (C=O) groups is 7. The van der Waals surface area contributed by atoms with E-state index in [1.165, 1.54) is 70.6 Å². The molecule has 10 saturated carbocycles. The molecule has 422 valence electrons. The molecule has 0 spiro atoms. The number of esters is 7. The number of benzene rings is 1. The molecule has 8 atom stereocenters. The average Bonchev–Trinajstić information content (AvgIpc) is 4.00. The lowest BCUT2D eigenvalue weighted by Gasteiger charge is -2.60. The second kappa shape index (κ2) is 21.7. The Bertz CT molecular complexity index is 2320. The maximum absolute atomic E-state index is 13.3. The molecule has 1 aliphatic heterocycles. The van der Waals surface area contributed by atoms with E-state index in [1.807, 2.05) is 0 Å². The Kier molecular flexibility index (Phi) is 16.3. The molecule has 8 unspecified atom stereocenters. The van der Waals surface area contributed by atoms with Gasteiger partial charge in [0, 0.05) is 46.8 Å². The molecule has 0 radical (unpaired) electrons. The van der Waals surface area contributed by atoms with E-state index >= 15 is 0 Å². The van der Waals surface area contributed by atoms with Gasteiger partial charge in [0.25, 0.3) is 5.92 Å². The Morgan fingerprint density at radius 2 is 1.26 bits per heavy atom. The highest BCUT2D eigenvalue weighted by Crippen LogP contribution is 2.64. The fraction of sp³-hybridized carbons (Fsp3) is 0.755. The summed E-state index contributed by atoms with van der Waals surface area (Å²) in [4.78, 5) is 83.9. The predicted molar refractivity (Wildman–Crippen MR) is 246 cm³/mol. The number of rotatable bonds is 17. The van der Waals surface area contributed by atoms with Crippen molar-refractivity contribution in [1.82, 2.24) is 0 Å². The third-order valence-electron chi connectivity index (χ3n) is 17.2. The average molecular weight is 1090 g/mol. The van der Waals surface area contributed by atoms with Gasteiger partial charge < -0.3 is 47.4 Å². The Labute approximate surface area is 435 Å². The van der Waals surface area contributed by atoms with Gasteiger partial charge in [-0.15, -0.1) is 0 Å². The fourth-order valence-electron chi connectivity index (χ4n) is 14.7. The molecule has 1 heterocycles. The summed E-state index contributed by atoms with van der Waals surface area (Å²) in [6.07, 6.45) is 9.11. The molecule has 0 amide bonds. The minimum absolute atomic E-state index is 0.0881. The van der Waals surface area contributed by atoms with Crippen molar-refractivity contribution >= 4 is 41.8 Å². The van der Waals surface area contributed by atoms with Gasteiger partial charge in [0.2, 0.25) is 0 Å². The van der Waals surface area contributed by atoms with E-state index < -0.39 is 101 Å². The number of hydrogen-bond donors (Lipinski definition) is 0. The zero-order valence-electron chi connectivity index (χ0n) is 43.3. The second-order valence-electron chi connectivity index (χ2n) is 23.1. The number of carbonyl (C=O) groups excluding carboxylic acids is 7. The number of fused-ring (bicyclic) bond motifs is 1. The first kappa shape index (κ1) is 57.2. The smallest absolute Gasteiger partial charge is 0.382 e. The zero-order chi connectivity index (χ0) is 55.3. The predicted octanol–water partition coefficient (Wildman–Crippen LogP) is 7.81. The molecular weight excluding hydrogens is 1020 g/mol. The van der Waals surface area contributed by atoms with Crippen LogP contribution in [0.1, 0.15) is 115 Å². The lowest BCUT2D eigenvalue weighted by Crippen LogP contribution is -2.60. The number of ether oxygens (including phenoxy) is 10. The summed E-state index contributed by atoms with van der Waals surface area (Å²) < 4.78 is 129. The van der Waals surface area contributed by atoms with Crippen LogP contribution in [0.5, 0.6) is 5.75 Å². The highest BCUT2D eigenvalue weighted by atomic mass is 19.3. The third-order valence-corrected chi connectivity index (χ3v) is 17.2. The molecule has 11 aliphatic rings. The number of methoxy groups -OCH3 is 2. The van der Waals surface area contributed by atoms with Crippen LogP contribution in [-0.4, -0.2) is 124 Å². The normalized spacial score (nSPS) is 35.7. The summed E-state index contributed by atoms with van der Waals surface area (Å²) >= 11 is 0. The molecule has 1 aromatic rings. The van der Waals surface area contributed by atoms with Crippen molar-refractivity contribution in [2.24, 2.45) is 64.6 Å². The summed E-state index contributed by atoms with van der Waals surface area (Å²) in [6, 6.07) is 5.00. The number of hydrogen-bond acceptors (Lipinski definition) is 17. The van der Waals surface area contributed by atoms with E-state index in [0.29, 0.717) is 63.2 Å². The molecule has 1 saturated heterocycles.